The molecule has 0 N–H and O–H groups in total. The Labute approximate surface area is 222 Å². The van der Waals surface area contributed by atoms with Gasteiger partial charge in [-0.15, -0.1) is 0 Å². The molecule has 0 radical (unpaired) electrons. The molecule has 0 amide bonds. The Morgan fingerprint density at radius 2 is 1.58 bits per heavy atom. The minimum atomic E-state index is -2.01. The smallest absolute Gasteiger partial charge is 0.192 e. The SMILES string of the molecule is CC(C)c1nc(C(C)C)c(CSc2nccn2C)c(-c2ccc(F)cc2)c1CO[Si](C)(C)C(C)(C)C. The van der Waals surface area contributed by atoms with E-state index in [-0.39, 0.29) is 22.7 Å². The van der Waals surface area contributed by atoms with Crippen molar-refractivity contribution in [3.05, 3.63) is 65.0 Å². The normalized spacial score (nSPS) is 12.7. The summed E-state index contributed by atoms with van der Waals surface area (Å²) in [5.41, 5.74) is 6.62. The standard InChI is InChI=1S/C29H42FN3OSSi/c1-19(2)26-23(17-34-36(9,10)29(5,6)7)25(21-11-13-22(30)14-12-21)24(27(32-26)20(3)4)18-35-28-31-15-16-33(28)8/h11-16,19-20H,17-18H2,1-10H3. The first-order valence-corrected chi connectivity index (χ1v) is 16.7. The average Bonchev–Trinajstić information content (AvgIpc) is 3.19. The van der Waals surface area contributed by atoms with Gasteiger partial charge in [0.25, 0.3) is 0 Å². The van der Waals surface area contributed by atoms with Gasteiger partial charge in [-0.2, -0.15) is 0 Å². The van der Waals surface area contributed by atoms with Gasteiger partial charge >= 0.3 is 0 Å². The number of hydrogen-bond acceptors (Lipinski definition) is 4. The molecular formula is C29H42FN3OSSi. The van der Waals surface area contributed by atoms with Gasteiger partial charge in [0.2, 0.25) is 0 Å². The third kappa shape index (κ3) is 6.29. The summed E-state index contributed by atoms with van der Waals surface area (Å²) >= 11 is 1.71. The van der Waals surface area contributed by atoms with E-state index in [0.717, 1.165) is 39.0 Å². The molecule has 0 saturated heterocycles. The lowest BCUT2D eigenvalue weighted by Gasteiger charge is -2.37. The number of aryl methyl sites for hydroxylation is 1. The number of pyridine rings is 1. The first kappa shape index (κ1) is 28.6. The van der Waals surface area contributed by atoms with E-state index in [9.17, 15) is 4.39 Å². The molecule has 4 nitrogen and oxygen atoms in total. The van der Waals surface area contributed by atoms with Crippen LogP contribution in [0.5, 0.6) is 0 Å². The van der Waals surface area contributed by atoms with Crippen molar-refractivity contribution in [3.8, 4) is 11.1 Å². The van der Waals surface area contributed by atoms with Gasteiger partial charge < -0.3 is 8.99 Å². The average molecular weight is 528 g/mol. The molecule has 0 aliphatic heterocycles. The summed E-state index contributed by atoms with van der Waals surface area (Å²) in [5, 5.41) is 1.06. The summed E-state index contributed by atoms with van der Waals surface area (Å²) in [6.07, 6.45) is 3.79. The van der Waals surface area contributed by atoms with Crippen LogP contribution in [0.15, 0.2) is 41.8 Å². The number of thioether (sulfide) groups is 1. The molecule has 0 fully saturated rings. The Morgan fingerprint density at radius 3 is 2.08 bits per heavy atom. The molecule has 2 aromatic heterocycles. The molecule has 1 aromatic carbocycles. The lowest BCUT2D eigenvalue weighted by molar-refractivity contribution is 0.274. The van der Waals surface area contributed by atoms with E-state index in [2.05, 4.69) is 66.5 Å². The molecule has 3 aromatic rings. The van der Waals surface area contributed by atoms with Crippen LogP contribution in [0, 0.1) is 5.82 Å². The first-order valence-electron chi connectivity index (χ1n) is 12.8. The van der Waals surface area contributed by atoms with Gasteiger partial charge in [-0.25, -0.2) is 9.37 Å². The second-order valence-electron chi connectivity index (χ2n) is 11.7. The fraction of sp³-hybridized carbons (Fsp3) is 0.517. The van der Waals surface area contributed by atoms with Crippen LogP contribution in [0.25, 0.3) is 11.1 Å². The van der Waals surface area contributed by atoms with Crippen molar-refractivity contribution < 1.29 is 8.82 Å². The number of benzene rings is 1. The van der Waals surface area contributed by atoms with Crippen LogP contribution in [-0.4, -0.2) is 22.9 Å². The monoisotopic (exact) mass is 527 g/mol. The van der Waals surface area contributed by atoms with E-state index in [1.54, 1.807) is 23.9 Å². The third-order valence-corrected chi connectivity index (χ3v) is 12.8. The molecule has 0 saturated carbocycles. The molecule has 0 aliphatic carbocycles. The minimum absolute atomic E-state index is 0.100. The maximum atomic E-state index is 14.0. The number of nitrogens with zero attached hydrogens (tertiary/aromatic N) is 3. The van der Waals surface area contributed by atoms with Crippen LogP contribution in [0.2, 0.25) is 18.1 Å². The maximum absolute atomic E-state index is 14.0. The summed E-state index contributed by atoms with van der Waals surface area (Å²) in [4.78, 5) is 9.80. The highest BCUT2D eigenvalue weighted by Crippen LogP contribution is 2.42. The van der Waals surface area contributed by atoms with Gasteiger partial charge in [0.1, 0.15) is 5.82 Å². The molecule has 0 spiro atoms. The summed E-state index contributed by atoms with van der Waals surface area (Å²) in [5.74, 6) is 0.970. The summed E-state index contributed by atoms with van der Waals surface area (Å²) < 4.78 is 22.8. The van der Waals surface area contributed by atoms with E-state index in [0.29, 0.717) is 6.61 Å². The molecule has 0 aliphatic rings. The third-order valence-electron chi connectivity index (χ3n) is 7.20. The lowest BCUT2D eigenvalue weighted by atomic mass is 9.88. The van der Waals surface area contributed by atoms with Crippen molar-refractivity contribution in [1.82, 2.24) is 14.5 Å². The zero-order chi connectivity index (χ0) is 26.8. The quantitative estimate of drug-likeness (QED) is 0.206. The van der Waals surface area contributed by atoms with E-state index < -0.39 is 8.32 Å². The second kappa shape index (κ2) is 11.2. The van der Waals surface area contributed by atoms with Crippen molar-refractivity contribution in [2.45, 2.75) is 96.0 Å². The summed E-state index contributed by atoms with van der Waals surface area (Å²) in [7, 11) is 0.00521. The minimum Gasteiger partial charge on any atom is -0.412 e. The van der Waals surface area contributed by atoms with Crippen LogP contribution >= 0.6 is 11.8 Å². The van der Waals surface area contributed by atoms with Gasteiger partial charge in [-0.05, 0) is 58.8 Å². The summed E-state index contributed by atoms with van der Waals surface area (Å²) in [6.45, 7) is 20.6. The highest BCUT2D eigenvalue weighted by molar-refractivity contribution is 7.98. The Kier molecular flexibility index (Phi) is 8.89. The largest absolute Gasteiger partial charge is 0.412 e. The van der Waals surface area contributed by atoms with Crippen molar-refractivity contribution in [2.24, 2.45) is 7.05 Å². The zero-order valence-electron chi connectivity index (χ0n) is 23.6. The zero-order valence-corrected chi connectivity index (χ0v) is 25.4. The molecule has 3 rings (SSSR count). The first-order chi connectivity index (χ1) is 16.7. The van der Waals surface area contributed by atoms with Crippen LogP contribution in [0.3, 0.4) is 0 Å². The van der Waals surface area contributed by atoms with E-state index in [4.69, 9.17) is 9.41 Å². The van der Waals surface area contributed by atoms with Gasteiger partial charge in [-0.3, -0.25) is 4.98 Å². The van der Waals surface area contributed by atoms with Gasteiger partial charge in [0.15, 0.2) is 13.5 Å². The number of rotatable bonds is 9. The molecule has 36 heavy (non-hydrogen) atoms. The Bertz CT molecular complexity index is 1180. The highest BCUT2D eigenvalue weighted by Gasteiger charge is 2.38. The predicted octanol–water partition coefficient (Wildman–Crippen LogP) is 8.68. The van der Waals surface area contributed by atoms with Gasteiger partial charge in [0, 0.05) is 42.1 Å². The van der Waals surface area contributed by atoms with Crippen molar-refractivity contribution in [2.75, 3.05) is 0 Å². The predicted molar refractivity (Wildman–Crippen MR) is 153 cm³/mol. The van der Waals surface area contributed by atoms with E-state index in [1.807, 2.05) is 36.1 Å². The maximum Gasteiger partial charge on any atom is 0.192 e. The number of hydrogen-bond donors (Lipinski definition) is 0. The molecule has 196 valence electrons. The van der Waals surface area contributed by atoms with Crippen LogP contribution in [0.4, 0.5) is 4.39 Å². The highest BCUT2D eigenvalue weighted by atomic mass is 32.2. The molecule has 0 unspecified atom stereocenters. The Morgan fingerprint density at radius 1 is 1.00 bits per heavy atom. The van der Waals surface area contributed by atoms with Crippen molar-refractivity contribution in [1.29, 1.82) is 0 Å². The second-order valence-corrected chi connectivity index (χ2v) is 17.4. The van der Waals surface area contributed by atoms with E-state index >= 15 is 0 Å². The van der Waals surface area contributed by atoms with Crippen molar-refractivity contribution in [3.63, 3.8) is 0 Å². The number of imidazole rings is 1. The van der Waals surface area contributed by atoms with Crippen molar-refractivity contribution >= 4 is 20.1 Å². The van der Waals surface area contributed by atoms with Crippen LogP contribution in [0.1, 0.15) is 82.8 Å². The summed E-state index contributed by atoms with van der Waals surface area (Å²) in [6, 6.07) is 6.88. The van der Waals surface area contributed by atoms with Crippen LogP contribution < -0.4 is 0 Å². The lowest BCUT2D eigenvalue weighted by Crippen LogP contribution is -2.40. The fourth-order valence-electron chi connectivity index (χ4n) is 4.01. The molecule has 0 bridgehead atoms. The Balaban J connectivity index is 2.26. The molecular weight excluding hydrogens is 485 g/mol. The molecule has 2 heterocycles. The number of halogens is 1. The number of aromatic nitrogens is 3. The Hall–Kier alpha value is -1.96. The van der Waals surface area contributed by atoms with Crippen LogP contribution in [-0.2, 0) is 23.8 Å². The van der Waals surface area contributed by atoms with Gasteiger partial charge in [0.05, 0.1) is 6.61 Å². The topological polar surface area (TPSA) is 39.9 Å². The fourth-order valence-corrected chi connectivity index (χ4v) is 5.92. The molecule has 7 heteroatoms. The van der Waals surface area contributed by atoms with E-state index in [1.165, 1.54) is 5.56 Å². The van der Waals surface area contributed by atoms with Gasteiger partial charge in [-0.1, -0.05) is 72.4 Å². The molecule has 0 atom stereocenters.